The van der Waals surface area contributed by atoms with Crippen molar-refractivity contribution in [3.8, 4) is 12.1 Å². The van der Waals surface area contributed by atoms with E-state index >= 15 is 0 Å². The highest BCUT2D eigenvalue weighted by Gasteiger charge is 2.38. The number of benzene rings is 1. The van der Waals surface area contributed by atoms with Gasteiger partial charge < -0.3 is 15.5 Å². The minimum Gasteiger partial charge on any atom is -0.365 e. The van der Waals surface area contributed by atoms with E-state index in [0.29, 0.717) is 45.4 Å². The van der Waals surface area contributed by atoms with E-state index in [1.54, 1.807) is 12.1 Å². The highest BCUT2D eigenvalue weighted by Crippen LogP contribution is 2.38. The predicted molar refractivity (Wildman–Crippen MR) is 156 cm³/mol. The van der Waals surface area contributed by atoms with Crippen LogP contribution in [0.2, 0.25) is 5.02 Å². The zero-order valence-electron chi connectivity index (χ0n) is 22.9. The Morgan fingerprint density at radius 3 is 2.59 bits per heavy atom. The van der Waals surface area contributed by atoms with Crippen LogP contribution < -0.4 is 15.5 Å². The summed E-state index contributed by atoms with van der Waals surface area (Å²) in [6.45, 7) is 5.36. The molecule has 3 aliphatic rings. The zero-order valence-corrected chi connectivity index (χ0v) is 24.5. The molecule has 0 radical (unpaired) electrons. The van der Waals surface area contributed by atoms with Crippen LogP contribution in [0.15, 0.2) is 18.3 Å². The number of hydrogen-bond donors (Lipinski definition) is 2. The van der Waals surface area contributed by atoms with Gasteiger partial charge in [0, 0.05) is 44.5 Å². The largest absolute Gasteiger partial charge is 0.365 e. The lowest BCUT2D eigenvalue weighted by Gasteiger charge is -2.44. The summed E-state index contributed by atoms with van der Waals surface area (Å²) in [7, 11) is -2.95. The lowest BCUT2D eigenvalue weighted by Crippen LogP contribution is -2.54. The molecule has 214 valence electrons. The second-order valence-electron chi connectivity index (χ2n) is 11.4. The van der Waals surface area contributed by atoms with Crippen molar-refractivity contribution in [1.82, 2.24) is 24.5 Å². The molecule has 12 nitrogen and oxygen atoms in total. The molecule has 2 saturated carbocycles. The van der Waals surface area contributed by atoms with Crippen LogP contribution >= 0.6 is 11.6 Å². The molecule has 1 aromatic carbocycles. The number of hydrogen-bond acceptors (Lipinski definition) is 11. The molecule has 1 saturated heterocycles. The Kier molecular flexibility index (Phi) is 7.14. The zero-order chi connectivity index (χ0) is 28.9. The van der Waals surface area contributed by atoms with Crippen molar-refractivity contribution in [3.05, 3.63) is 34.5 Å². The molecule has 2 aromatic heterocycles. The van der Waals surface area contributed by atoms with E-state index in [-0.39, 0.29) is 17.2 Å². The van der Waals surface area contributed by atoms with Gasteiger partial charge >= 0.3 is 0 Å². The Morgan fingerprint density at radius 2 is 1.93 bits per heavy atom. The van der Waals surface area contributed by atoms with Crippen LogP contribution in [0, 0.1) is 28.6 Å². The van der Waals surface area contributed by atoms with Crippen molar-refractivity contribution >= 4 is 50.4 Å². The van der Waals surface area contributed by atoms with Gasteiger partial charge in [-0.15, -0.1) is 0 Å². The van der Waals surface area contributed by atoms with Crippen LogP contribution in [0.25, 0.3) is 5.65 Å². The molecular weight excluding hydrogens is 564 g/mol. The van der Waals surface area contributed by atoms with Crippen LogP contribution in [0.4, 0.5) is 23.3 Å². The molecule has 0 amide bonds. The van der Waals surface area contributed by atoms with Crippen LogP contribution in [-0.4, -0.2) is 82.7 Å². The van der Waals surface area contributed by atoms with Crippen molar-refractivity contribution in [2.75, 3.05) is 48.0 Å². The molecule has 0 unspecified atom stereocenters. The van der Waals surface area contributed by atoms with E-state index in [1.165, 1.54) is 17.0 Å². The lowest BCUT2D eigenvalue weighted by atomic mass is 9.84. The van der Waals surface area contributed by atoms with Gasteiger partial charge in [0.1, 0.15) is 21.5 Å². The summed E-state index contributed by atoms with van der Waals surface area (Å²) in [4.78, 5) is 13.7. The van der Waals surface area contributed by atoms with Crippen molar-refractivity contribution < 1.29 is 8.42 Å². The normalized spacial score (nSPS) is 23.0. The minimum absolute atomic E-state index is 0.126. The van der Waals surface area contributed by atoms with Gasteiger partial charge in [0.2, 0.25) is 11.9 Å². The number of aromatic nitrogens is 4. The quantitative estimate of drug-likeness (QED) is 0.395. The summed E-state index contributed by atoms with van der Waals surface area (Å²) in [5.41, 5.74) is 2.39. The Balaban J connectivity index is 1.22. The van der Waals surface area contributed by atoms with Gasteiger partial charge in [-0.1, -0.05) is 11.6 Å². The first-order valence-electron chi connectivity index (χ1n) is 13.7. The van der Waals surface area contributed by atoms with Crippen molar-refractivity contribution in [2.24, 2.45) is 5.92 Å². The average molecular weight is 595 g/mol. The van der Waals surface area contributed by atoms with Crippen LogP contribution in [0.3, 0.4) is 0 Å². The van der Waals surface area contributed by atoms with E-state index in [2.05, 4.69) is 54.6 Å². The average Bonchev–Trinajstić information content (AvgIpc) is 3.62. The standard InChI is InChI=1S/C27H31ClN10O2S/c1-16-14-36(15-18-7-21(8-18)41(2,39)40)5-6-37(16)23-10-17(11-29)9-22(24(23)28)33-26-34-25-19(12-30)13-31-38(25)27(35-26)32-20-3-4-20/h9-10,13,16,18,20-21H,3-8,14-15H2,1-2H3,(H2,32,33,34,35)/t16-,18?,21?/m0/s1. The third kappa shape index (κ3) is 5.62. The van der Waals surface area contributed by atoms with Gasteiger partial charge in [-0.3, -0.25) is 4.90 Å². The van der Waals surface area contributed by atoms with Crippen molar-refractivity contribution in [1.29, 1.82) is 10.5 Å². The lowest BCUT2D eigenvalue weighted by molar-refractivity contribution is 0.158. The van der Waals surface area contributed by atoms with Gasteiger partial charge in [-0.25, -0.2) is 8.42 Å². The summed E-state index contributed by atoms with van der Waals surface area (Å²) in [6, 6.07) is 8.26. The van der Waals surface area contributed by atoms with Crippen molar-refractivity contribution in [3.63, 3.8) is 0 Å². The maximum atomic E-state index is 11.8. The van der Waals surface area contributed by atoms with Crippen molar-refractivity contribution in [2.45, 2.75) is 49.9 Å². The maximum absolute atomic E-state index is 11.8. The summed E-state index contributed by atoms with van der Waals surface area (Å²) < 4.78 is 25.1. The van der Waals surface area contributed by atoms with Crippen LogP contribution in [-0.2, 0) is 9.84 Å². The van der Waals surface area contributed by atoms with Gasteiger partial charge in [0.25, 0.3) is 0 Å². The first-order chi connectivity index (χ1) is 19.6. The first kappa shape index (κ1) is 27.5. The number of sulfone groups is 1. The summed E-state index contributed by atoms with van der Waals surface area (Å²) >= 11 is 6.96. The SMILES string of the molecule is C[C@H]1CN(CC2CC(S(C)(=O)=O)C2)CCN1c1cc(C#N)cc(Nc2nc(NC3CC3)n3ncc(C#N)c3n2)c1Cl. The van der Waals surface area contributed by atoms with E-state index in [0.717, 1.165) is 57.5 Å². The maximum Gasteiger partial charge on any atom is 0.232 e. The fourth-order valence-corrected chi connectivity index (χ4v) is 7.21. The van der Waals surface area contributed by atoms with Crippen LogP contribution in [0.5, 0.6) is 0 Å². The van der Waals surface area contributed by atoms with Crippen LogP contribution in [0.1, 0.15) is 43.7 Å². The van der Waals surface area contributed by atoms with E-state index in [4.69, 9.17) is 11.6 Å². The number of anilines is 4. The smallest absolute Gasteiger partial charge is 0.232 e. The molecule has 3 fully saturated rings. The third-order valence-corrected chi connectivity index (χ3v) is 10.2. The summed E-state index contributed by atoms with van der Waals surface area (Å²) in [5.74, 6) is 1.13. The third-order valence-electron chi connectivity index (χ3n) is 8.16. The second-order valence-corrected chi connectivity index (χ2v) is 14.1. The van der Waals surface area contributed by atoms with Gasteiger partial charge in [0.15, 0.2) is 5.65 Å². The highest BCUT2D eigenvalue weighted by molar-refractivity contribution is 7.91. The molecule has 2 N–H and O–H groups in total. The van der Waals surface area contributed by atoms with E-state index in [1.807, 2.05) is 0 Å². The Labute approximate surface area is 243 Å². The topological polar surface area (TPSA) is 155 Å². The molecule has 41 heavy (non-hydrogen) atoms. The molecule has 3 aromatic rings. The number of halogens is 1. The molecule has 0 bridgehead atoms. The molecule has 3 heterocycles. The number of nitriles is 2. The van der Waals surface area contributed by atoms with E-state index < -0.39 is 9.84 Å². The monoisotopic (exact) mass is 594 g/mol. The molecular formula is C27H31ClN10O2S. The molecule has 2 aliphatic carbocycles. The van der Waals surface area contributed by atoms with E-state index in [9.17, 15) is 18.9 Å². The molecule has 1 atom stereocenters. The number of piperazine rings is 1. The molecule has 6 rings (SSSR count). The number of rotatable bonds is 8. The highest BCUT2D eigenvalue weighted by atomic mass is 35.5. The Bertz CT molecular complexity index is 1680. The second kappa shape index (κ2) is 10.6. The Morgan fingerprint density at radius 1 is 1.15 bits per heavy atom. The fourth-order valence-electron chi connectivity index (χ4n) is 5.71. The minimum atomic E-state index is -2.95. The summed E-state index contributed by atoms with van der Waals surface area (Å²) in [6.07, 6.45) is 6.33. The first-order valence-corrected chi connectivity index (χ1v) is 16.1. The number of nitrogens with zero attached hydrogens (tertiary/aromatic N) is 8. The number of nitrogens with one attached hydrogen (secondary N) is 2. The van der Waals surface area contributed by atoms with Gasteiger partial charge in [-0.2, -0.15) is 30.1 Å². The number of fused-ring (bicyclic) bond motifs is 1. The molecule has 0 spiro atoms. The van der Waals surface area contributed by atoms with Gasteiger partial charge in [0.05, 0.1) is 39.5 Å². The van der Waals surface area contributed by atoms with Gasteiger partial charge in [-0.05, 0) is 50.7 Å². The fraction of sp³-hybridized carbons (Fsp3) is 0.519. The molecule has 1 aliphatic heterocycles. The predicted octanol–water partition coefficient (Wildman–Crippen LogP) is 3.17. The molecule has 14 heteroatoms. The Hall–Kier alpha value is -3.65. The summed E-state index contributed by atoms with van der Waals surface area (Å²) in [5, 5.41) is 30.4.